The van der Waals surface area contributed by atoms with Crippen molar-refractivity contribution >= 4 is 22.7 Å². The summed E-state index contributed by atoms with van der Waals surface area (Å²) in [5, 5.41) is 0.911. The highest BCUT2D eigenvalue weighted by Crippen LogP contribution is 2.24. The molecule has 6 nitrogen and oxygen atoms in total. The molecule has 0 N–H and O–H groups in total. The topological polar surface area (TPSA) is 56.8 Å². The Bertz CT molecular complexity index is 897. The lowest BCUT2D eigenvalue weighted by Crippen LogP contribution is -2.51. The highest BCUT2D eigenvalue weighted by molar-refractivity contribution is 6.06. The van der Waals surface area contributed by atoms with E-state index in [0.717, 1.165) is 61.2 Å². The molecule has 2 saturated heterocycles. The van der Waals surface area contributed by atoms with Crippen LogP contribution in [0.5, 0.6) is 0 Å². The van der Waals surface area contributed by atoms with Gasteiger partial charge in [0.1, 0.15) is 0 Å². The number of aromatic nitrogens is 1. The van der Waals surface area contributed by atoms with Gasteiger partial charge in [-0.05, 0) is 30.9 Å². The number of rotatable bonds is 4. The third-order valence-corrected chi connectivity index (χ3v) is 6.04. The van der Waals surface area contributed by atoms with Crippen molar-refractivity contribution in [3.63, 3.8) is 0 Å². The Morgan fingerprint density at radius 3 is 2.34 bits per heavy atom. The van der Waals surface area contributed by atoms with Gasteiger partial charge < -0.3 is 9.80 Å². The Morgan fingerprint density at radius 1 is 0.966 bits per heavy atom. The van der Waals surface area contributed by atoms with E-state index in [1.807, 2.05) is 40.1 Å². The van der Waals surface area contributed by atoms with E-state index < -0.39 is 0 Å². The van der Waals surface area contributed by atoms with E-state index >= 15 is 0 Å². The fraction of sp³-hybridized carbons (Fsp3) is 0.522. The van der Waals surface area contributed by atoms with Gasteiger partial charge in [0.15, 0.2) is 0 Å². The fourth-order valence-electron chi connectivity index (χ4n) is 4.21. The maximum absolute atomic E-state index is 13.3. The van der Waals surface area contributed by atoms with Crippen molar-refractivity contribution in [1.82, 2.24) is 19.7 Å². The molecule has 0 unspecified atom stereocenters. The van der Waals surface area contributed by atoms with Crippen LogP contribution >= 0.6 is 0 Å². The molecule has 29 heavy (non-hydrogen) atoms. The van der Waals surface area contributed by atoms with Crippen molar-refractivity contribution in [2.75, 3.05) is 45.8 Å². The number of fused-ring (bicyclic) bond motifs is 1. The first-order valence-corrected chi connectivity index (χ1v) is 10.7. The van der Waals surface area contributed by atoms with E-state index in [0.29, 0.717) is 19.6 Å². The van der Waals surface area contributed by atoms with Crippen LogP contribution in [0.4, 0.5) is 0 Å². The number of amides is 2. The normalized spacial score (nSPS) is 18.0. The van der Waals surface area contributed by atoms with Crippen LogP contribution in [0, 0.1) is 0 Å². The first kappa shape index (κ1) is 19.8. The number of hydrogen-bond donors (Lipinski definition) is 0. The van der Waals surface area contributed by atoms with Gasteiger partial charge in [0.25, 0.3) is 5.91 Å². The standard InChI is InChI=1S/C23H30N4O2/c1-17(2)21-15-19(18-7-3-4-8-20(18)24-21)23(29)27-13-11-25(12-14-27)16-22(28)26-9-5-6-10-26/h3-4,7-8,15,17H,5-6,9-14,16H2,1-2H3. The summed E-state index contributed by atoms with van der Waals surface area (Å²) < 4.78 is 0. The second kappa shape index (κ2) is 8.49. The van der Waals surface area contributed by atoms with Crippen molar-refractivity contribution in [3.05, 3.63) is 41.6 Å². The second-order valence-corrected chi connectivity index (χ2v) is 8.42. The van der Waals surface area contributed by atoms with Crippen molar-refractivity contribution in [2.24, 2.45) is 0 Å². The average molecular weight is 395 g/mol. The van der Waals surface area contributed by atoms with E-state index in [1.165, 1.54) is 0 Å². The minimum absolute atomic E-state index is 0.0658. The molecule has 0 aliphatic carbocycles. The lowest BCUT2D eigenvalue weighted by atomic mass is 10.0. The van der Waals surface area contributed by atoms with Gasteiger partial charge in [0.05, 0.1) is 17.6 Å². The van der Waals surface area contributed by atoms with Crippen molar-refractivity contribution in [1.29, 1.82) is 0 Å². The smallest absolute Gasteiger partial charge is 0.254 e. The molecule has 2 aliphatic rings. The van der Waals surface area contributed by atoms with Crippen LogP contribution in [0.15, 0.2) is 30.3 Å². The van der Waals surface area contributed by atoms with Crippen LogP contribution in [0.25, 0.3) is 10.9 Å². The summed E-state index contributed by atoms with van der Waals surface area (Å²) in [4.78, 5) is 36.5. The summed E-state index contributed by atoms with van der Waals surface area (Å²) in [6, 6.07) is 9.82. The summed E-state index contributed by atoms with van der Waals surface area (Å²) in [5.74, 6) is 0.555. The molecule has 1 aromatic carbocycles. The molecule has 0 saturated carbocycles. The highest BCUT2D eigenvalue weighted by atomic mass is 16.2. The lowest BCUT2D eigenvalue weighted by Gasteiger charge is -2.35. The molecule has 154 valence electrons. The Labute approximate surface area is 172 Å². The molecule has 6 heteroatoms. The van der Waals surface area contributed by atoms with E-state index in [9.17, 15) is 9.59 Å². The number of carbonyl (C=O) groups is 2. The summed E-state index contributed by atoms with van der Waals surface area (Å²) in [7, 11) is 0. The third-order valence-electron chi connectivity index (χ3n) is 6.04. The fourth-order valence-corrected chi connectivity index (χ4v) is 4.21. The molecule has 2 aliphatic heterocycles. The van der Waals surface area contributed by atoms with Crippen molar-refractivity contribution in [3.8, 4) is 0 Å². The zero-order valence-corrected chi connectivity index (χ0v) is 17.4. The van der Waals surface area contributed by atoms with Crippen LogP contribution in [0.1, 0.15) is 48.7 Å². The van der Waals surface area contributed by atoms with E-state index in [4.69, 9.17) is 4.98 Å². The maximum atomic E-state index is 13.3. The first-order valence-electron chi connectivity index (χ1n) is 10.7. The summed E-state index contributed by atoms with van der Waals surface area (Å²) in [6.45, 7) is 9.24. The molecule has 2 aromatic rings. The monoisotopic (exact) mass is 394 g/mol. The van der Waals surface area contributed by atoms with Crippen LogP contribution < -0.4 is 0 Å². The number of hydrogen-bond acceptors (Lipinski definition) is 4. The first-order chi connectivity index (χ1) is 14.0. The predicted octanol–water partition coefficient (Wildman–Crippen LogP) is 2.74. The van der Waals surface area contributed by atoms with Crippen LogP contribution in [-0.4, -0.2) is 77.3 Å². The zero-order chi connectivity index (χ0) is 20.4. The number of para-hydroxylation sites is 1. The van der Waals surface area contributed by atoms with Gasteiger partial charge in [-0.15, -0.1) is 0 Å². The largest absolute Gasteiger partial charge is 0.342 e. The van der Waals surface area contributed by atoms with Gasteiger partial charge in [-0.2, -0.15) is 0 Å². The third kappa shape index (κ3) is 4.27. The van der Waals surface area contributed by atoms with E-state index in [-0.39, 0.29) is 17.7 Å². The Balaban J connectivity index is 1.45. The Hall–Kier alpha value is -2.47. The SMILES string of the molecule is CC(C)c1cc(C(=O)N2CCN(CC(=O)N3CCCC3)CC2)c2ccccc2n1. The molecular weight excluding hydrogens is 364 g/mol. The molecular formula is C23H30N4O2. The molecule has 1 aromatic heterocycles. The van der Waals surface area contributed by atoms with Gasteiger partial charge in [0.2, 0.25) is 5.91 Å². The zero-order valence-electron chi connectivity index (χ0n) is 17.4. The summed E-state index contributed by atoms with van der Waals surface area (Å²) in [6.07, 6.45) is 2.23. The number of piperazine rings is 1. The number of pyridine rings is 1. The maximum Gasteiger partial charge on any atom is 0.254 e. The van der Waals surface area contributed by atoms with Gasteiger partial charge in [-0.3, -0.25) is 19.5 Å². The Morgan fingerprint density at radius 2 is 1.66 bits per heavy atom. The van der Waals surface area contributed by atoms with Gasteiger partial charge in [0, 0.05) is 50.3 Å². The van der Waals surface area contributed by atoms with Crippen LogP contribution in [0.3, 0.4) is 0 Å². The highest BCUT2D eigenvalue weighted by Gasteiger charge is 2.27. The van der Waals surface area contributed by atoms with E-state index in [2.05, 4.69) is 18.7 Å². The summed E-state index contributed by atoms with van der Waals surface area (Å²) in [5.41, 5.74) is 2.56. The second-order valence-electron chi connectivity index (χ2n) is 8.42. The Kier molecular flexibility index (Phi) is 5.81. The van der Waals surface area contributed by atoms with Crippen molar-refractivity contribution < 1.29 is 9.59 Å². The van der Waals surface area contributed by atoms with Crippen LogP contribution in [0.2, 0.25) is 0 Å². The molecule has 2 amide bonds. The van der Waals surface area contributed by atoms with Crippen LogP contribution in [-0.2, 0) is 4.79 Å². The quantitative estimate of drug-likeness (QED) is 0.800. The van der Waals surface area contributed by atoms with E-state index in [1.54, 1.807) is 0 Å². The molecule has 3 heterocycles. The molecule has 4 rings (SSSR count). The molecule has 0 atom stereocenters. The van der Waals surface area contributed by atoms with Crippen molar-refractivity contribution in [2.45, 2.75) is 32.6 Å². The molecule has 2 fully saturated rings. The molecule has 0 bridgehead atoms. The van der Waals surface area contributed by atoms with Gasteiger partial charge in [-0.25, -0.2) is 0 Å². The number of benzene rings is 1. The number of nitrogens with zero attached hydrogens (tertiary/aromatic N) is 4. The molecule has 0 spiro atoms. The van der Waals surface area contributed by atoms with Gasteiger partial charge >= 0.3 is 0 Å². The molecule has 0 radical (unpaired) electrons. The minimum Gasteiger partial charge on any atom is -0.342 e. The number of carbonyl (C=O) groups excluding carboxylic acids is 2. The summed E-state index contributed by atoms with van der Waals surface area (Å²) >= 11 is 0. The van der Waals surface area contributed by atoms with Gasteiger partial charge in [-0.1, -0.05) is 32.0 Å². The lowest BCUT2D eigenvalue weighted by molar-refractivity contribution is -0.131. The number of likely N-dealkylation sites (tertiary alicyclic amines) is 1. The predicted molar refractivity (Wildman–Crippen MR) is 114 cm³/mol. The average Bonchev–Trinajstić information content (AvgIpc) is 3.28. The minimum atomic E-state index is 0.0658.